The summed E-state index contributed by atoms with van der Waals surface area (Å²) in [5.74, 6) is 0.716. The minimum Gasteiger partial charge on any atom is -0.342 e. The van der Waals surface area contributed by atoms with Gasteiger partial charge in [0.05, 0.1) is 5.41 Å². The van der Waals surface area contributed by atoms with Crippen LogP contribution in [0, 0.1) is 5.92 Å². The molecule has 2 unspecified atom stereocenters. The zero-order valence-corrected chi connectivity index (χ0v) is 14.7. The van der Waals surface area contributed by atoms with Gasteiger partial charge in [-0.3, -0.25) is 4.79 Å². The highest BCUT2D eigenvalue weighted by molar-refractivity contribution is 6.30. The largest absolute Gasteiger partial charge is 0.342 e. The highest BCUT2D eigenvalue weighted by Gasteiger charge is 2.45. The first-order valence-corrected chi connectivity index (χ1v) is 9.22. The molecule has 1 aromatic rings. The zero-order valence-electron chi connectivity index (χ0n) is 13.9. The van der Waals surface area contributed by atoms with Crippen molar-refractivity contribution in [3.8, 4) is 0 Å². The van der Waals surface area contributed by atoms with Crippen molar-refractivity contribution in [2.24, 2.45) is 11.7 Å². The number of piperidine rings is 1. The van der Waals surface area contributed by atoms with E-state index in [0.717, 1.165) is 57.2 Å². The fourth-order valence-electron chi connectivity index (χ4n) is 4.32. The quantitative estimate of drug-likeness (QED) is 0.915. The number of halogens is 1. The van der Waals surface area contributed by atoms with Crippen LogP contribution in [0.1, 0.15) is 51.0 Å². The van der Waals surface area contributed by atoms with E-state index in [1.165, 1.54) is 0 Å². The van der Waals surface area contributed by atoms with Crippen LogP contribution < -0.4 is 5.73 Å². The summed E-state index contributed by atoms with van der Waals surface area (Å²) < 4.78 is 0. The molecule has 3 rings (SSSR count). The predicted molar refractivity (Wildman–Crippen MR) is 94.6 cm³/mol. The molecule has 126 valence electrons. The lowest BCUT2D eigenvalue weighted by Gasteiger charge is -2.40. The molecule has 0 bridgehead atoms. The Hall–Kier alpha value is -1.06. The topological polar surface area (TPSA) is 46.3 Å². The van der Waals surface area contributed by atoms with Gasteiger partial charge in [0.25, 0.3) is 0 Å². The summed E-state index contributed by atoms with van der Waals surface area (Å²) >= 11 is 6.20. The van der Waals surface area contributed by atoms with Gasteiger partial charge in [0.15, 0.2) is 0 Å². The standard InChI is InChI=1S/C19H27ClN2O/c1-14(21)15-6-5-11-22(13-15)18(23)19(9-2-3-10-19)16-7-4-8-17(20)12-16/h4,7-8,12,14-15H,2-3,5-6,9-11,13,21H2,1H3. The third-order valence-corrected chi connectivity index (χ3v) is 5.97. The van der Waals surface area contributed by atoms with Crippen LogP contribution in [0.25, 0.3) is 0 Å². The van der Waals surface area contributed by atoms with E-state index in [0.29, 0.717) is 16.8 Å². The summed E-state index contributed by atoms with van der Waals surface area (Å²) in [6.45, 7) is 3.73. The average molecular weight is 335 g/mol. The van der Waals surface area contributed by atoms with E-state index in [-0.39, 0.29) is 11.5 Å². The molecule has 2 aliphatic rings. The minimum absolute atomic E-state index is 0.149. The Kier molecular flexibility index (Phi) is 4.98. The average Bonchev–Trinajstić information content (AvgIpc) is 3.05. The van der Waals surface area contributed by atoms with Gasteiger partial charge in [-0.25, -0.2) is 0 Å². The Morgan fingerprint density at radius 1 is 1.35 bits per heavy atom. The number of carbonyl (C=O) groups excluding carboxylic acids is 1. The number of benzene rings is 1. The summed E-state index contributed by atoms with van der Waals surface area (Å²) in [6, 6.07) is 8.05. The first-order chi connectivity index (χ1) is 11.0. The first kappa shape index (κ1) is 16.8. The Labute approximate surface area is 144 Å². The molecule has 0 spiro atoms. The number of nitrogens with zero attached hydrogens (tertiary/aromatic N) is 1. The van der Waals surface area contributed by atoms with E-state index >= 15 is 0 Å². The molecule has 1 aliphatic heterocycles. The predicted octanol–water partition coefficient (Wildman–Crippen LogP) is 3.74. The molecule has 0 radical (unpaired) electrons. The second-order valence-electron chi connectivity index (χ2n) is 7.31. The van der Waals surface area contributed by atoms with E-state index in [4.69, 9.17) is 17.3 Å². The Bertz CT molecular complexity index is 566. The van der Waals surface area contributed by atoms with E-state index in [1.54, 1.807) is 0 Å². The van der Waals surface area contributed by atoms with Crippen molar-refractivity contribution in [3.05, 3.63) is 34.9 Å². The number of rotatable bonds is 3. The smallest absolute Gasteiger partial charge is 0.233 e. The molecule has 1 saturated heterocycles. The lowest BCUT2D eigenvalue weighted by Crippen LogP contribution is -2.51. The fourth-order valence-corrected chi connectivity index (χ4v) is 4.51. The van der Waals surface area contributed by atoms with Crippen molar-refractivity contribution in [3.63, 3.8) is 0 Å². The van der Waals surface area contributed by atoms with Crippen LogP contribution in [-0.2, 0) is 10.2 Å². The molecule has 0 aromatic heterocycles. The van der Waals surface area contributed by atoms with Crippen molar-refractivity contribution >= 4 is 17.5 Å². The van der Waals surface area contributed by atoms with Gasteiger partial charge in [-0.1, -0.05) is 36.6 Å². The van der Waals surface area contributed by atoms with Gasteiger partial charge >= 0.3 is 0 Å². The van der Waals surface area contributed by atoms with Crippen LogP contribution in [0.5, 0.6) is 0 Å². The van der Waals surface area contributed by atoms with Crippen LogP contribution in [-0.4, -0.2) is 29.9 Å². The van der Waals surface area contributed by atoms with Crippen molar-refractivity contribution in [1.82, 2.24) is 4.90 Å². The molecule has 1 amide bonds. The van der Waals surface area contributed by atoms with Gasteiger partial charge in [0, 0.05) is 24.2 Å². The normalized spacial score (nSPS) is 25.3. The third-order valence-electron chi connectivity index (χ3n) is 5.73. The van der Waals surface area contributed by atoms with Crippen LogP contribution in [0.15, 0.2) is 24.3 Å². The van der Waals surface area contributed by atoms with E-state index in [1.807, 2.05) is 18.2 Å². The van der Waals surface area contributed by atoms with Crippen LogP contribution >= 0.6 is 11.6 Å². The van der Waals surface area contributed by atoms with Gasteiger partial charge in [0.1, 0.15) is 0 Å². The Morgan fingerprint density at radius 2 is 2.09 bits per heavy atom. The van der Waals surface area contributed by atoms with Gasteiger partial charge < -0.3 is 10.6 Å². The second kappa shape index (κ2) is 6.82. The summed E-state index contributed by atoms with van der Waals surface area (Å²) in [5.41, 5.74) is 6.81. The number of likely N-dealkylation sites (tertiary alicyclic amines) is 1. The van der Waals surface area contributed by atoms with E-state index in [9.17, 15) is 4.79 Å². The molecule has 4 heteroatoms. The van der Waals surface area contributed by atoms with E-state index < -0.39 is 0 Å². The Balaban J connectivity index is 1.87. The van der Waals surface area contributed by atoms with Gasteiger partial charge in [-0.05, 0) is 56.2 Å². The third kappa shape index (κ3) is 3.27. The SMILES string of the molecule is CC(N)C1CCCN(C(=O)C2(c3cccc(Cl)c3)CCCC2)C1. The van der Waals surface area contributed by atoms with Crippen molar-refractivity contribution < 1.29 is 4.79 Å². The molecule has 1 heterocycles. The van der Waals surface area contributed by atoms with E-state index in [2.05, 4.69) is 17.9 Å². The van der Waals surface area contributed by atoms with Crippen molar-refractivity contribution in [1.29, 1.82) is 0 Å². The summed E-state index contributed by atoms with van der Waals surface area (Å²) in [7, 11) is 0. The van der Waals surface area contributed by atoms with Crippen LogP contribution in [0.4, 0.5) is 0 Å². The number of nitrogens with two attached hydrogens (primary N) is 1. The van der Waals surface area contributed by atoms with Gasteiger partial charge in [-0.2, -0.15) is 0 Å². The summed E-state index contributed by atoms with van der Waals surface area (Å²) in [4.78, 5) is 15.5. The fraction of sp³-hybridized carbons (Fsp3) is 0.632. The number of hydrogen-bond acceptors (Lipinski definition) is 2. The van der Waals surface area contributed by atoms with Gasteiger partial charge in [0.2, 0.25) is 5.91 Å². The lowest BCUT2D eigenvalue weighted by atomic mass is 9.76. The molecular weight excluding hydrogens is 308 g/mol. The maximum absolute atomic E-state index is 13.4. The molecule has 1 aliphatic carbocycles. The number of amides is 1. The molecule has 1 saturated carbocycles. The highest BCUT2D eigenvalue weighted by atomic mass is 35.5. The number of hydrogen-bond donors (Lipinski definition) is 1. The molecule has 1 aromatic carbocycles. The molecule has 3 nitrogen and oxygen atoms in total. The Morgan fingerprint density at radius 3 is 2.74 bits per heavy atom. The molecule has 23 heavy (non-hydrogen) atoms. The second-order valence-corrected chi connectivity index (χ2v) is 7.75. The van der Waals surface area contributed by atoms with Crippen LogP contribution in [0.3, 0.4) is 0 Å². The molecule has 2 atom stereocenters. The highest BCUT2D eigenvalue weighted by Crippen LogP contribution is 2.43. The minimum atomic E-state index is -0.370. The maximum atomic E-state index is 13.4. The van der Waals surface area contributed by atoms with Crippen LogP contribution in [0.2, 0.25) is 5.02 Å². The summed E-state index contributed by atoms with van der Waals surface area (Å²) in [5, 5.41) is 0.716. The molecular formula is C19H27ClN2O. The first-order valence-electron chi connectivity index (χ1n) is 8.84. The van der Waals surface area contributed by atoms with Gasteiger partial charge in [-0.15, -0.1) is 0 Å². The lowest BCUT2D eigenvalue weighted by molar-refractivity contribution is -0.139. The number of carbonyl (C=O) groups is 1. The summed E-state index contributed by atoms with van der Waals surface area (Å²) in [6.07, 6.45) is 6.29. The van der Waals surface area contributed by atoms with Crippen molar-refractivity contribution in [2.45, 2.75) is 56.9 Å². The molecule has 2 fully saturated rings. The molecule has 2 N–H and O–H groups in total. The van der Waals surface area contributed by atoms with Crippen molar-refractivity contribution in [2.75, 3.05) is 13.1 Å². The monoisotopic (exact) mass is 334 g/mol. The zero-order chi connectivity index (χ0) is 16.4. The maximum Gasteiger partial charge on any atom is 0.233 e.